The summed E-state index contributed by atoms with van der Waals surface area (Å²) in [7, 11) is 0. The summed E-state index contributed by atoms with van der Waals surface area (Å²) in [5.41, 5.74) is 0.871. The minimum Gasteiger partial charge on any atom is -0.463 e. The van der Waals surface area contributed by atoms with Crippen LogP contribution in [0.5, 0.6) is 0 Å². The molecule has 1 radical (unpaired) electrons. The first kappa shape index (κ1) is 9.52. The van der Waals surface area contributed by atoms with E-state index >= 15 is 0 Å². The molecular weight excluding hydrogens is 164 g/mol. The molecule has 2 nitrogen and oxygen atoms in total. The Kier molecular flexibility index (Phi) is 3.76. The maximum atomic E-state index is 10.9. The van der Waals surface area contributed by atoms with Crippen molar-refractivity contribution in [2.45, 2.75) is 6.92 Å². The molecule has 0 bridgehead atoms. The molecule has 0 heterocycles. The van der Waals surface area contributed by atoms with Gasteiger partial charge in [-0.1, -0.05) is 30.3 Å². The largest absolute Gasteiger partial charge is 0.463 e. The van der Waals surface area contributed by atoms with Crippen LogP contribution in [0, 0.1) is 6.08 Å². The molecular formula is C11H11O2. The fraction of sp³-hybridized carbons (Fsp3) is 0.182. The molecule has 0 unspecified atom stereocenters. The molecule has 1 aromatic rings. The Morgan fingerprint density at radius 2 is 2.15 bits per heavy atom. The quantitative estimate of drug-likeness (QED) is 0.518. The number of rotatable bonds is 3. The molecule has 0 spiro atoms. The van der Waals surface area contributed by atoms with Crippen molar-refractivity contribution in [3.8, 4) is 0 Å². The number of carbonyl (C=O) groups excluding carboxylic acids is 1. The highest BCUT2D eigenvalue weighted by Gasteiger charge is 1.92. The molecule has 1 aromatic carbocycles. The second kappa shape index (κ2) is 5.14. The zero-order valence-corrected chi connectivity index (χ0v) is 7.49. The minimum absolute atomic E-state index is 0.355. The summed E-state index contributed by atoms with van der Waals surface area (Å²) in [6.45, 7) is 2.17. The van der Waals surface area contributed by atoms with Gasteiger partial charge < -0.3 is 4.74 Å². The Hall–Kier alpha value is -1.57. The summed E-state index contributed by atoms with van der Waals surface area (Å²) in [6.07, 6.45) is 4.13. The van der Waals surface area contributed by atoms with Gasteiger partial charge in [-0.2, -0.15) is 0 Å². The third-order valence-electron chi connectivity index (χ3n) is 1.42. The zero-order chi connectivity index (χ0) is 9.52. The summed E-state index contributed by atoms with van der Waals surface area (Å²) < 4.78 is 4.71. The van der Waals surface area contributed by atoms with Gasteiger partial charge in [-0.3, -0.25) is 0 Å². The van der Waals surface area contributed by atoms with Gasteiger partial charge in [-0.15, -0.1) is 0 Å². The van der Waals surface area contributed by atoms with Crippen LogP contribution in [0.1, 0.15) is 12.5 Å². The molecule has 0 atom stereocenters. The Morgan fingerprint density at radius 1 is 1.46 bits per heavy atom. The van der Waals surface area contributed by atoms with Gasteiger partial charge in [0, 0.05) is 6.08 Å². The Labute approximate surface area is 77.8 Å². The predicted molar refractivity (Wildman–Crippen MR) is 50.0 cm³/mol. The van der Waals surface area contributed by atoms with E-state index in [-0.39, 0.29) is 5.97 Å². The lowest BCUT2D eigenvalue weighted by Crippen LogP contribution is -1.98. The van der Waals surface area contributed by atoms with Gasteiger partial charge in [0.05, 0.1) is 6.61 Å². The summed E-state index contributed by atoms with van der Waals surface area (Å²) >= 11 is 0. The average Bonchev–Trinajstić information content (AvgIpc) is 2.17. The van der Waals surface area contributed by atoms with Crippen molar-refractivity contribution in [1.82, 2.24) is 0 Å². The molecule has 0 fully saturated rings. The highest BCUT2D eigenvalue weighted by atomic mass is 16.5. The van der Waals surface area contributed by atoms with Crippen LogP contribution < -0.4 is 0 Å². The number of carbonyl (C=O) groups is 1. The van der Waals surface area contributed by atoms with E-state index in [0.29, 0.717) is 6.61 Å². The molecule has 0 saturated heterocycles. The average molecular weight is 175 g/mol. The topological polar surface area (TPSA) is 26.3 Å². The van der Waals surface area contributed by atoms with Crippen LogP contribution >= 0.6 is 0 Å². The molecule has 67 valence electrons. The Bertz CT molecular complexity index is 288. The van der Waals surface area contributed by atoms with Crippen molar-refractivity contribution >= 4 is 5.97 Å². The lowest BCUT2D eigenvalue weighted by molar-refractivity contribution is -0.137. The molecule has 0 saturated carbocycles. The van der Waals surface area contributed by atoms with Crippen LogP contribution in [0.25, 0.3) is 0 Å². The van der Waals surface area contributed by atoms with Gasteiger partial charge in [0.1, 0.15) is 0 Å². The number of hydrogen-bond donors (Lipinski definition) is 0. The van der Waals surface area contributed by atoms with Gasteiger partial charge in [0.2, 0.25) is 0 Å². The summed E-state index contributed by atoms with van der Waals surface area (Å²) in [5, 5.41) is 0. The van der Waals surface area contributed by atoms with E-state index < -0.39 is 0 Å². The first-order valence-corrected chi connectivity index (χ1v) is 4.14. The molecule has 0 aliphatic heterocycles. The van der Waals surface area contributed by atoms with Crippen LogP contribution in [0.4, 0.5) is 0 Å². The number of ether oxygens (including phenoxy) is 1. The maximum absolute atomic E-state index is 10.9. The number of hydrogen-bond acceptors (Lipinski definition) is 2. The highest BCUT2D eigenvalue weighted by Crippen LogP contribution is 1.97. The van der Waals surface area contributed by atoms with Crippen LogP contribution in [0.15, 0.2) is 36.4 Å². The number of esters is 1. The molecule has 13 heavy (non-hydrogen) atoms. The molecule has 0 N–H and O–H groups in total. The molecule has 0 aliphatic rings. The smallest absolute Gasteiger partial charge is 0.331 e. The zero-order valence-electron chi connectivity index (χ0n) is 7.49. The molecule has 2 heteroatoms. The summed E-state index contributed by atoms with van der Waals surface area (Å²) in [4.78, 5) is 10.9. The first-order chi connectivity index (χ1) is 6.33. The minimum atomic E-state index is -0.355. The molecule has 1 rings (SSSR count). The number of benzene rings is 1. The van der Waals surface area contributed by atoms with E-state index in [1.54, 1.807) is 6.92 Å². The SMILES string of the molecule is CCOC(=O)/C=[C]/c1ccccc1. The van der Waals surface area contributed by atoms with Gasteiger partial charge in [0.25, 0.3) is 0 Å². The third kappa shape index (κ3) is 3.56. The van der Waals surface area contributed by atoms with Crippen molar-refractivity contribution in [3.63, 3.8) is 0 Å². The van der Waals surface area contributed by atoms with E-state index in [1.807, 2.05) is 30.3 Å². The van der Waals surface area contributed by atoms with Gasteiger partial charge in [-0.25, -0.2) is 4.79 Å². The maximum Gasteiger partial charge on any atom is 0.331 e. The third-order valence-corrected chi connectivity index (χ3v) is 1.42. The van der Waals surface area contributed by atoms with Crippen molar-refractivity contribution < 1.29 is 9.53 Å². The van der Waals surface area contributed by atoms with E-state index in [0.717, 1.165) is 5.56 Å². The second-order valence-electron chi connectivity index (χ2n) is 2.41. The standard InChI is InChI=1S/C11H11O2/c1-2-13-11(12)9-8-10-6-4-3-5-7-10/h3-7,9H,2H2,1H3. The van der Waals surface area contributed by atoms with E-state index in [2.05, 4.69) is 6.08 Å². The molecule has 0 aromatic heterocycles. The summed E-state index contributed by atoms with van der Waals surface area (Å²) in [6, 6.07) is 9.43. The summed E-state index contributed by atoms with van der Waals surface area (Å²) in [5.74, 6) is -0.355. The Morgan fingerprint density at radius 3 is 2.77 bits per heavy atom. The van der Waals surface area contributed by atoms with Crippen molar-refractivity contribution in [1.29, 1.82) is 0 Å². The molecule has 0 aliphatic carbocycles. The fourth-order valence-electron chi connectivity index (χ4n) is 0.861. The predicted octanol–water partition coefficient (Wildman–Crippen LogP) is 1.96. The lowest BCUT2D eigenvalue weighted by Gasteiger charge is -1.94. The van der Waals surface area contributed by atoms with Gasteiger partial charge in [0.15, 0.2) is 0 Å². The normalized spacial score (nSPS) is 10.2. The Balaban J connectivity index is 2.54. The van der Waals surface area contributed by atoms with Crippen LogP contribution in [-0.4, -0.2) is 12.6 Å². The lowest BCUT2D eigenvalue weighted by atomic mass is 10.2. The van der Waals surface area contributed by atoms with Crippen molar-refractivity contribution in [2.75, 3.05) is 6.61 Å². The van der Waals surface area contributed by atoms with Crippen LogP contribution in [0.3, 0.4) is 0 Å². The van der Waals surface area contributed by atoms with Crippen LogP contribution in [0.2, 0.25) is 0 Å². The van der Waals surface area contributed by atoms with Gasteiger partial charge in [-0.05, 0) is 18.6 Å². The first-order valence-electron chi connectivity index (χ1n) is 4.14. The van der Waals surface area contributed by atoms with Gasteiger partial charge >= 0.3 is 5.97 Å². The highest BCUT2D eigenvalue weighted by molar-refractivity contribution is 5.81. The molecule has 0 amide bonds. The van der Waals surface area contributed by atoms with Crippen LogP contribution in [-0.2, 0) is 9.53 Å². The van der Waals surface area contributed by atoms with E-state index in [9.17, 15) is 4.79 Å². The monoisotopic (exact) mass is 175 g/mol. The van der Waals surface area contributed by atoms with Crippen molar-refractivity contribution in [3.05, 3.63) is 48.0 Å². The van der Waals surface area contributed by atoms with E-state index in [1.165, 1.54) is 6.08 Å². The van der Waals surface area contributed by atoms with Crippen molar-refractivity contribution in [2.24, 2.45) is 0 Å². The fourth-order valence-corrected chi connectivity index (χ4v) is 0.861. The van der Waals surface area contributed by atoms with E-state index in [4.69, 9.17) is 4.74 Å². The second-order valence-corrected chi connectivity index (χ2v) is 2.41.